The zero-order valence-electron chi connectivity index (χ0n) is 19.0. The van der Waals surface area contributed by atoms with Crippen molar-refractivity contribution < 1.29 is 0 Å². The van der Waals surface area contributed by atoms with Crippen molar-refractivity contribution in [1.29, 1.82) is 0 Å². The molecule has 1 aromatic carbocycles. The summed E-state index contributed by atoms with van der Waals surface area (Å²) in [6.45, 7) is 0. The number of fused-ring (bicyclic) bond motifs is 1. The smallest absolute Gasteiger partial charge is 0.227 e. The van der Waals surface area contributed by atoms with E-state index in [0.717, 1.165) is 48.1 Å². The first-order valence-corrected chi connectivity index (χ1v) is 12.1. The Bertz CT molecular complexity index is 1230. The molecule has 0 radical (unpaired) electrons. The minimum absolute atomic E-state index is 0.304. The number of rotatable bonds is 6. The van der Waals surface area contributed by atoms with Crippen LogP contribution in [0.4, 0.5) is 17.5 Å². The topological polar surface area (TPSA) is 148 Å². The number of nitrogens with one attached hydrogen (secondary N) is 3. The Morgan fingerprint density at radius 3 is 2.50 bits per heavy atom. The second-order valence-corrected chi connectivity index (χ2v) is 9.35. The molecule has 11 heteroatoms. The van der Waals surface area contributed by atoms with Crippen LogP contribution in [-0.4, -0.2) is 52.2 Å². The van der Waals surface area contributed by atoms with Crippen molar-refractivity contribution in [3.05, 3.63) is 30.6 Å². The number of aromatic nitrogens is 8. The van der Waals surface area contributed by atoms with Gasteiger partial charge in [-0.2, -0.15) is 15.2 Å². The fourth-order valence-electron chi connectivity index (χ4n) is 5.09. The number of H-pyrrole nitrogens is 1. The third-order valence-corrected chi connectivity index (χ3v) is 7.00. The maximum Gasteiger partial charge on any atom is 0.227 e. The van der Waals surface area contributed by atoms with E-state index in [1.807, 2.05) is 30.6 Å². The fraction of sp³-hybridized carbons (Fsp3) is 0.478. The zero-order chi connectivity index (χ0) is 22.9. The number of anilines is 3. The minimum Gasteiger partial charge on any atom is -0.351 e. The average molecular weight is 460 g/mol. The molecule has 34 heavy (non-hydrogen) atoms. The number of imidazole rings is 1. The Labute approximate surface area is 197 Å². The monoisotopic (exact) mass is 459 g/mol. The molecule has 5 N–H and O–H groups in total. The van der Waals surface area contributed by atoms with Crippen molar-refractivity contribution in [3.8, 4) is 11.4 Å². The van der Waals surface area contributed by atoms with Crippen molar-refractivity contribution in [2.45, 2.75) is 69.5 Å². The predicted molar refractivity (Wildman–Crippen MR) is 130 cm³/mol. The molecule has 0 bridgehead atoms. The number of hydrogen-bond donors (Lipinski definition) is 4. The summed E-state index contributed by atoms with van der Waals surface area (Å²) in [4.78, 5) is 14.5. The van der Waals surface area contributed by atoms with E-state index in [9.17, 15) is 0 Å². The molecule has 11 nitrogen and oxygen atoms in total. The zero-order valence-corrected chi connectivity index (χ0v) is 19.0. The molecule has 6 rings (SSSR count). The Hall–Kier alpha value is -3.60. The van der Waals surface area contributed by atoms with E-state index < -0.39 is 0 Å². The van der Waals surface area contributed by atoms with Gasteiger partial charge in [-0.3, -0.25) is 0 Å². The lowest BCUT2D eigenvalue weighted by Crippen LogP contribution is -2.33. The van der Waals surface area contributed by atoms with E-state index in [1.165, 1.54) is 25.7 Å². The second kappa shape index (κ2) is 8.98. The maximum atomic E-state index is 6.10. The van der Waals surface area contributed by atoms with E-state index in [4.69, 9.17) is 20.7 Å². The largest absolute Gasteiger partial charge is 0.351 e. The van der Waals surface area contributed by atoms with E-state index in [1.54, 1.807) is 0 Å². The number of nitrogens with zero attached hydrogens (tertiary/aromatic N) is 7. The van der Waals surface area contributed by atoms with Gasteiger partial charge in [-0.05, 0) is 68.0 Å². The summed E-state index contributed by atoms with van der Waals surface area (Å²) in [5.74, 6) is 1.90. The van der Waals surface area contributed by atoms with Crippen LogP contribution in [0, 0.1) is 0 Å². The molecule has 2 aliphatic rings. The van der Waals surface area contributed by atoms with E-state index in [-0.39, 0.29) is 0 Å². The lowest BCUT2D eigenvalue weighted by molar-refractivity contribution is 0.410. The van der Waals surface area contributed by atoms with Crippen LogP contribution >= 0.6 is 0 Å². The summed E-state index contributed by atoms with van der Waals surface area (Å²) in [5, 5.41) is 21.2. The quantitative estimate of drug-likeness (QED) is 0.339. The van der Waals surface area contributed by atoms with Gasteiger partial charge in [0, 0.05) is 29.4 Å². The Morgan fingerprint density at radius 1 is 0.971 bits per heavy atom. The standard InChI is InChI=1S/C23H29N11/c24-15-7-11-17(12-8-15)27-23-28-21(19-22(29-23)34(13-25-19)18-3-1-2-4-18)26-16-9-5-14(6-10-16)20-30-32-33-31-20/h5-6,9-10,13,15,17-18H,1-4,7-8,11-12,24H2,(H2,26,27,28,29)(H,30,31,32,33). The van der Waals surface area contributed by atoms with Crippen molar-refractivity contribution >= 4 is 28.6 Å². The van der Waals surface area contributed by atoms with Gasteiger partial charge in [0.1, 0.15) is 0 Å². The van der Waals surface area contributed by atoms with Crippen molar-refractivity contribution in [2.75, 3.05) is 10.6 Å². The molecule has 3 heterocycles. The van der Waals surface area contributed by atoms with Gasteiger partial charge in [-0.1, -0.05) is 12.8 Å². The van der Waals surface area contributed by atoms with Gasteiger partial charge < -0.3 is 20.9 Å². The lowest BCUT2D eigenvalue weighted by Gasteiger charge is -2.27. The third kappa shape index (κ3) is 4.18. The summed E-state index contributed by atoms with van der Waals surface area (Å²) >= 11 is 0. The molecule has 2 fully saturated rings. The van der Waals surface area contributed by atoms with Crippen LogP contribution in [-0.2, 0) is 0 Å². The van der Waals surface area contributed by atoms with Gasteiger partial charge in [-0.15, -0.1) is 10.2 Å². The molecule has 176 valence electrons. The third-order valence-electron chi connectivity index (χ3n) is 7.00. The molecular formula is C23H29N11. The number of hydrogen-bond acceptors (Lipinski definition) is 9. The molecule has 0 spiro atoms. The van der Waals surface area contributed by atoms with Crippen LogP contribution in [0.25, 0.3) is 22.6 Å². The normalized spacial score (nSPS) is 21.2. The van der Waals surface area contributed by atoms with Crippen LogP contribution in [0.1, 0.15) is 57.4 Å². The van der Waals surface area contributed by atoms with Crippen LogP contribution in [0.3, 0.4) is 0 Å². The number of nitrogens with two attached hydrogens (primary N) is 1. The van der Waals surface area contributed by atoms with Crippen molar-refractivity contribution in [1.82, 2.24) is 40.1 Å². The highest BCUT2D eigenvalue weighted by Gasteiger charge is 2.24. The molecule has 0 saturated heterocycles. The maximum absolute atomic E-state index is 6.10. The lowest BCUT2D eigenvalue weighted by atomic mass is 9.92. The molecule has 0 amide bonds. The SMILES string of the molecule is NC1CCC(Nc2nc(Nc3ccc(-c4nn[nH]n4)cc3)c3ncn(C4CCCC4)c3n2)CC1. The highest BCUT2D eigenvalue weighted by Crippen LogP contribution is 2.34. The fourth-order valence-corrected chi connectivity index (χ4v) is 5.09. The van der Waals surface area contributed by atoms with Gasteiger partial charge in [0.05, 0.1) is 6.33 Å². The molecule has 2 saturated carbocycles. The minimum atomic E-state index is 0.304. The second-order valence-electron chi connectivity index (χ2n) is 9.35. The predicted octanol–water partition coefficient (Wildman–Crippen LogP) is 3.55. The molecule has 0 atom stereocenters. The Kier molecular flexibility index (Phi) is 5.54. The number of benzene rings is 1. The Balaban J connectivity index is 1.32. The van der Waals surface area contributed by atoms with Crippen LogP contribution < -0.4 is 16.4 Å². The molecule has 0 aliphatic heterocycles. The first kappa shape index (κ1) is 21.0. The van der Waals surface area contributed by atoms with Gasteiger partial charge in [-0.25, -0.2) is 4.98 Å². The van der Waals surface area contributed by atoms with Gasteiger partial charge >= 0.3 is 0 Å². The molecule has 4 aromatic rings. The summed E-state index contributed by atoms with van der Waals surface area (Å²) in [6.07, 6.45) is 10.9. The Morgan fingerprint density at radius 2 is 1.76 bits per heavy atom. The first-order valence-electron chi connectivity index (χ1n) is 12.1. The highest BCUT2D eigenvalue weighted by molar-refractivity contribution is 5.86. The molecule has 0 unspecified atom stereocenters. The summed E-state index contributed by atoms with van der Waals surface area (Å²) < 4.78 is 2.23. The van der Waals surface area contributed by atoms with Gasteiger partial charge in [0.15, 0.2) is 17.0 Å². The summed E-state index contributed by atoms with van der Waals surface area (Å²) in [6, 6.07) is 8.94. The van der Waals surface area contributed by atoms with Crippen LogP contribution in [0.2, 0.25) is 0 Å². The number of tetrazole rings is 1. The van der Waals surface area contributed by atoms with E-state index >= 15 is 0 Å². The average Bonchev–Trinajstić information content (AvgIpc) is 3.63. The highest BCUT2D eigenvalue weighted by atomic mass is 15.5. The first-order chi connectivity index (χ1) is 16.7. The van der Waals surface area contributed by atoms with Crippen LogP contribution in [0.15, 0.2) is 30.6 Å². The summed E-state index contributed by atoms with van der Waals surface area (Å²) in [5.41, 5.74) is 9.54. The van der Waals surface area contributed by atoms with E-state index in [2.05, 4.69) is 35.8 Å². The molecule has 3 aromatic heterocycles. The van der Waals surface area contributed by atoms with Crippen molar-refractivity contribution in [2.24, 2.45) is 5.73 Å². The van der Waals surface area contributed by atoms with Crippen molar-refractivity contribution in [3.63, 3.8) is 0 Å². The number of aromatic amines is 1. The van der Waals surface area contributed by atoms with E-state index in [0.29, 0.717) is 35.7 Å². The van der Waals surface area contributed by atoms with Gasteiger partial charge in [0.25, 0.3) is 0 Å². The summed E-state index contributed by atoms with van der Waals surface area (Å²) in [7, 11) is 0. The van der Waals surface area contributed by atoms with Crippen LogP contribution in [0.5, 0.6) is 0 Å². The van der Waals surface area contributed by atoms with Gasteiger partial charge in [0.2, 0.25) is 11.8 Å². The molecule has 2 aliphatic carbocycles. The molecular weight excluding hydrogens is 430 g/mol.